The first-order chi connectivity index (χ1) is 12.2. The fraction of sp³-hybridized carbons (Fsp3) is 0.118. The van der Waals surface area contributed by atoms with Crippen molar-refractivity contribution in [1.29, 1.82) is 0 Å². The number of anilines is 1. The second-order valence-corrected chi connectivity index (χ2v) is 6.63. The van der Waals surface area contributed by atoms with Gasteiger partial charge in [0.1, 0.15) is 6.61 Å². The monoisotopic (exact) mass is 373 g/mol. The van der Waals surface area contributed by atoms with E-state index in [1.165, 1.54) is 11.3 Å². The lowest BCUT2D eigenvalue weighted by Gasteiger charge is -2.25. The zero-order valence-corrected chi connectivity index (χ0v) is 14.4. The van der Waals surface area contributed by atoms with Crippen LogP contribution in [-0.2, 0) is 4.79 Å². The Hall–Kier alpha value is -2.64. The summed E-state index contributed by atoms with van der Waals surface area (Å²) in [6.45, 7) is 0.138. The Labute approximate surface area is 152 Å². The van der Waals surface area contributed by atoms with Crippen LogP contribution in [0.1, 0.15) is 0 Å². The number of amides is 1. The van der Waals surface area contributed by atoms with E-state index in [-0.39, 0.29) is 12.5 Å². The van der Waals surface area contributed by atoms with Crippen LogP contribution in [0.25, 0.3) is 10.6 Å². The van der Waals surface area contributed by atoms with E-state index in [4.69, 9.17) is 21.1 Å². The number of nitrogens with one attached hydrogen (secondary N) is 1. The Bertz CT molecular complexity index is 931. The number of hydrogen-bond acceptors (Lipinski definition) is 6. The van der Waals surface area contributed by atoms with Gasteiger partial charge in [0.15, 0.2) is 16.5 Å². The van der Waals surface area contributed by atoms with Gasteiger partial charge in [-0.2, -0.15) is 0 Å². The summed E-state index contributed by atoms with van der Waals surface area (Å²) in [5.74, 6) is 0.836. The van der Waals surface area contributed by atoms with Crippen LogP contribution in [-0.4, -0.2) is 28.8 Å². The van der Waals surface area contributed by atoms with Crippen LogP contribution in [0.15, 0.2) is 48.5 Å². The number of hydrogen-bond donors (Lipinski definition) is 1. The third-order valence-electron chi connectivity index (χ3n) is 3.56. The van der Waals surface area contributed by atoms with Crippen LogP contribution >= 0.6 is 22.9 Å². The van der Waals surface area contributed by atoms with Gasteiger partial charge in [0.2, 0.25) is 11.2 Å². The Kier molecular flexibility index (Phi) is 4.25. The lowest BCUT2D eigenvalue weighted by Crippen LogP contribution is -2.40. The van der Waals surface area contributed by atoms with E-state index in [1.54, 1.807) is 18.2 Å². The van der Waals surface area contributed by atoms with E-state index in [0.29, 0.717) is 26.7 Å². The summed E-state index contributed by atoms with van der Waals surface area (Å²) < 4.78 is 11.2. The summed E-state index contributed by atoms with van der Waals surface area (Å²) in [6, 6.07) is 14.6. The molecule has 0 fully saturated rings. The Morgan fingerprint density at radius 1 is 1.12 bits per heavy atom. The van der Waals surface area contributed by atoms with Crippen LogP contribution < -0.4 is 14.8 Å². The van der Waals surface area contributed by atoms with Crippen molar-refractivity contribution < 1.29 is 14.3 Å². The molecule has 1 aliphatic rings. The van der Waals surface area contributed by atoms with Gasteiger partial charge in [-0.05, 0) is 18.2 Å². The molecule has 0 aliphatic carbocycles. The second-order valence-electron chi connectivity index (χ2n) is 5.25. The first-order valence-electron chi connectivity index (χ1n) is 7.48. The highest BCUT2D eigenvalue weighted by atomic mass is 35.5. The molecule has 1 aromatic heterocycles. The molecular formula is C17H12ClN3O3S. The van der Waals surface area contributed by atoms with Crippen molar-refractivity contribution in [3.05, 3.63) is 53.6 Å². The molecule has 4 rings (SSSR count). The summed E-state index contributed by atoms with van der Waals surface area (Å²) in [6.07, 6.45) is -0.748. The van der Waals surface area contributed by atoms with Crippen molar-refractivity contribution in [2.24, 2.45) is 0 Å². The van der Waals surface area contributed by atoms with Crippen LogP contribution in [0.2, 0.25) is 5.02 Å². The first kappa shape index (κ1) is 15.9. The molecule has 1 amide bonds. The zero-order valence-electron chi connectivity index (χ0n) is 12.8. The van der Waals surface area contributed by atoms with Crippen LogP contribution in [0.5, 0.6) is 11.5 Å². The number of para-hydroxylation sites is 2. The molecule has 126 valence electrons. The lowest BCUT2D eigenvalue weighted by molar-refractivity contribution is -0.125. The van der Waals surface area contributed by atoms with Gasteiger partial charge < -0.3 is 9.47 Å². The number of carbonyl (C=O) groups excluding carboxylic acids is 1. The van der Waals surface area contributed by atoms with Crippen LogP contribution in [0.4, 0.5) is 5.13 Å². The topological polar surface area (TPSA) is 73.3 Å². The molecule has 1 atom stereocenters. The predicted octanol–water partition coefficient (Wildman–Crippen LogP) is 3.64. The summed E-state index contributed by atoms with van der Waals surface area (Å²) >= 11 is 7.40. The van der Waals surface area contributed by atoms with Gasteiger partial charge in [0, 0.05) is 5.56 Å². The molecule has 0 saturated carbocycles. The molecule has 2 aromatic carbocycles. The summed E-state index contributed by atoms with van der Waals surface area (Å²) in [5.41, 5.74) is 0.772. The molecule has 8 heteroatoms. The molecule has 1 unspecified atom stereocenters. The fourth-order valence-electron chi connectivity index (χ4n) is 2.35. The highest BCUT2D eigenvalue weighted by Crippen LogP contribution is 2.33. The Balaban J connectivity index is 1.47. The van der Waals surface area contributed by atoms with Gasteiger partial charge in [-0.15, -0.1) is 10.2 Å². The van der Waals surface area contributed by atoms with E-state index in [2.05, 4.69) is 15.5 Å². The maximum atomic E-state index is 12.4. The third kappa shape index (κ3) is 3.29. The number of nitrogens with zero attached hydrogens (tertiary/aromatic N) is 2. The van der Waals surface area contributed by atoms with Crippen molar-refractivity contribution >= 4 is 34.0 Å². The van der Waals surface area contributed by atoms with Crippen molar-refractivity contribution in [3.8, 4) is 22.1 Å². The summed E-state index contributed by atoms with van der Waals surface area (Å²) in [7, 11) is 0. The van der Waals surface area contributed by atoms with E-state index < -0.39 is 6.10 Å². The number of aromatic nitrogens is 2. The maximum Gasteiger partial charge on any atom is 0.270 e. The number of rotatable bonds is 3. The standard InChI is InChI=1S/C17H12ClN3O3S/c18-11-6-2-1-5-10(11)16-20-21-17(25-16)19-15(22)14-9-23-12-7-3-4-8-13(12)24-14/h1-8,14H,9H2,(H,19,21,22). The molecule has 3 aromatic rings. The van der Waals surface area contributed by atoms with E-state index in [9.17, 15) is 4.79 Å². The van der Waals surface area contributed by atoms with Gasteiger partial charge >= 0.3 is 0 Å². The average Bonchev–Trinajstić information content (AvgIpc) is 3.10. The van der Waals surface area contributed by atoms with Crippen LogP contribution in [0.3, 0.4) is 0 Å². The van der Waals surface area contributed by atoms with Gasteiger partial charge in [0.05, 0.1) is 5.02 Å². The van der Waals surface area contributed by atoms with Crippen LogP contribution in [0, 0.1) is 0 Å². The molecule has 0 spiro atoms. The average molecular weight is 374 g/mol. The minimum absolute atomic E-state index is 0.138. The van der Waals surface area contributed by atoms with E-state index in [1.807, 2.05) is 30.3 Å². The number of ether oxygens (including phenoxy) is 2. The van der Waals surface area contributed by atoms with E-state index in [0.717, 1.165) is 5.56 Å². The van der Waals surface area contributed by atoms with Gasteiger partial charge in [0.25, 0.3) is 5.91 Å². The van der Waals surface area contributed by atoms with Gasteiger partial charge in [-0.3, -0.25) is 10.1 Å². The molecule has 25 heavy (non-hydrogen) atoms. The third-order valence-corrected chi connectivity index (χ3v) is 4.76. The SMILES string of the molecule is O=C(Nc1nnc(-c2ccccc2Cl)s1)C1COc2ccccc2O1. The number of benzene rings is 2. The fourth-order valence-corrected chi connectivity index (χ4v) is 3.42. The highest BCUT2D eigenvalue weighted by Gasteiger charge is 2.28. The minimum Gasteiger partial charge on any atom is -0.485 e. The smallest absolute Gasteiger partial charge is 0.270 e. The zero-order chi connectivity index (χ0) is 17.2. The molecule has 0 bridgehead atoms. The van der Waals surface area contributed by atoms with Crippen molar-refractivity contribution in [3.63, 3.8) is 0 Å². The summed E-state index contributed by atoms with van der Waals surface area (Å²) in [4.78, 5) is 12.4. The quantitative estimate of drug-likeness (QED) is 0.758. The largest absolute Gasteiger partial charge is 0.485 e. The molecule has 0 radical (unpaired) electrons. The maximum absolute atomic E-state index is 12.4. The van der Waals surface area contributed by atoms with Crippen molar-refractivity contribution in [2.75, 3.05) is 11.9 Å². The molecule has 1 aliphatic heterocycles. The molecule has 2 heterocycles. The van der Waals surface area contributed by atoms with Gasteiger partial charge in [-0.25, -0.2) is 0 Å². The molecule has 0 saturated heterocycles. The second kappa shape index (κ2) is 6.70. The Morgan fingerprint density at radius 2 is 1.88 bits per heavy atom. The predicted molar refractivity (Wildman–Crippen MR) is 95.3 cm³/mol. The first-order valence-corrected chi connectivity index (χ1v) is 8.68. The minimum atomic E-state index is -0.748. The molecule has 6 nitrogen and oxygen atoms in total. The molecule has 1 N–H and O–H groups in total. The number of carbonyl (C=O) groups is 1. The summed E-state index contributed by atoms with van der Waals surface area (Å²) in [5, 5.41) is 12.4. The van der Waals surface area contributed by atoms with Gasteiger partial charge in [-0.1, -0.05) is 53.3 Å². The van der Waals surface area contributed by atoms with Crippen molar-refractivity contribution in [1.82, 2.24) is 10.2 Å². The van der Waals surface area contributed by atoms with E-state index >= 15 is 0 Å². The van der Waals surface area contributed by atoms with Crippen molar-refractivity contribution in [2.45, 2.75) is 6.10 Å². The number of halogens is 1. The normalized spacial score (nSPS) is 15.6. The number of fused-ring (bicyclic) bond motifs is 1. The lowest BCUT2D eigenvalue weighted by atomic mass is 10.2. The Morgan fingerprint density at radius 3 is 2.72 bits per heavy atom. The molecular weight excluding hydrogens is 362 g/mol. The highest BCUT2D eigenvalue weighted by molar-refractivity contribution is 7.18.